The minimum Gasteiger partial charge on any atom is -0.320 e. The Labute approximate surface area is 123 Å². The van der Waals surface area contributed by atoms with Crippen LogP contribution in [-0.4, -0.2) is 43.3 Å². The molecule has 0 radical (unpaired) electrons. The second kappa shape index (κ2) is 5.38. The first-order chi connectivity index (χ1) is 9.99. The van der Waals surface area contributed by atoms with Gasteiger partial charge in [0.15, 0.2) is 9.84 Å². The third kappa shape index (κ3) is 2.67. The van der Waals surface area contributed by atoms with E-state index in [-0.39, 0.29) is 24.7 Å². The van der Waals surface area contributed by atoms with Gasteiger partial charge in [0.25, 0.3) is 0 Å². The first kappa shape index (κ1) is 14.5. The van der Waals surface area contributed by atoms with Gasteiger partial charge in [0.2, 0.25) is 5.91 Å². The molecule has 2 heterocycles. The number of hydrogen-bond acceptors (Lipinski definition) is 4. The summed E-state index contributed by atoms with van der Waals surface area (Å²) in [5.41, 5.74) is 0.374. The van der Waals surface area contributed by atoms with Crippen LogP contribution in [0.5, 0.6) is 0 Å². The fourth-order valence-corrected chi connectivity index (χ4v) is 4.82. The smallest absolute Gasteiger partial charge is 0.238 e. The van der Waals surface area contributed by atoms with Gasteiger partial charge >= 0.3 is 0 Å². The molecular weight excluding hydrogens is 295 g/mol. The summed E-state index contributed by atoms with van der Waals surface area (Å²) in [5.74, 6) is -0.411. The number of amides is 1. The van der Waals surface area contributed by atoms with Gasteiger partial charge in [0, 0.05) is 12.1 Å². The maximum atomic E-state index is 13.9. The number of nitrogens with one attached hydrogen (secondary N) is 1. The molecule has 3 rings (SSSR count). The summed E-state index contributed by atoms with van der Waals surface area (Å²) in [7, 11) is -3.13. The van der Waals surface area contributed by atoms with E-state index >= 15 is 0 Å². The molecule has 0 bridgehead atoms. The number of sulfone groups is 1. The van der Waals surface area contributed by atoms with Crippen LogP contribution in [0, 0.1) is 5.82 Å². The Balaban J connectivity index is 1.85. The molecule has 7 heteroatoms. The monoisotopic (exact) mass is 312 g/mol. The summed E-state index contributed by atoms with van der Waals surface area (Å²) in [5, 5.41) is 2.42. The highest BCUT2D eigenvalue weighted by Gasteiger charge is 2.39. The van der Waals surface area contributed by atoms with E-state index < -0.39 is 27.1 Å². The quantitative estimate of drug-likeness (QED) is 0.898. The van der Waals surface area contributed by atoms with E-state index in [2.05, 4.69) is 5.32 Å². The van der Waals surface area contributed by atoms with E-state index in [4.69, 9.17) is 0 Å². The first-order valence-electron chi connectivity index (χ1n) is 6.98. The van der Waals surface area contributed by atoms with E-state index in [0.717, 1.165) is 0 Å². The van der Waals surface area contributed by atoms with Crippen LogP contribution < -0.4 is 5.32 Å². The van der Waals surface area contributed by atoms with Gasteiger partial charge in [-0.3, -0.25) is 10.1 Å². The number of hydrogen-bond donors (Lipinski definition) is 1. The van der Waals surface area contributed by atoms with Crippen LogP contribution in [0.1, 0.15) is 24.6 Å². The predicted molar refractivity (Wildman–Crippen MR) is 75.7 cm³/mol. The largest absolute Gasteiger partial charge is 0.320 e. The van der Waals surface area contributed by atoms with Crippen LogP contribution in [0.15, 0.2) is 24.3 Å². The van der Waals surface area contributed by atoms with Gasteiger partial charge in [-0.05, 0) is 18.9 Å². The molecule has 2 aliphatic heterocycles. The molecule has 5 nitrogen and oxygen atoms in total. The van der Waals surface area contributed by atoms with Crippen molar-refractivity contribution in [3.8, 4) is 0 Å². The van der Waals surface area contributed by atoms with Gasteiger partial charge in [-0.25, -0.2) is 12.8 Å². The summed E-state index contributed by atoms with van der Waals surface area (Å²) in [4.78, 5) is 13.5. The molecule has 114 valence electrons. The third-order valence-electron chi connectivity index (χ3n) is 4.14. The predicted octanol–water partition coefficient (Wildman–Crippen LogP) is 0.833. The Hall–Kier alpha value is -1.47. The van der Waals surface area contributed by atoms with Crippen molar-refractivity contribution in [3.63, 3.8) is 0 Å². The Kier molecular flexibility index (Phi) is 3.71. The highest BCUT2D eigenvalue weighted by Crippen LogP contribution is 2.28. The maximum absolute atomic E-state index is 13.9. The summed E-state index contributed by atoms with van der Waals surface area (Å²) in [6.07, 6.45) is 0.609. The third-order valence-corrected chi connectivity index (χ3v) is 6.40. The number of carbonyl (C=O) groups excluding carboxylic acids is 1. The molecule has 1 amide bonds. The number of halogens is 1. The molecule has 2 aliphatic rings. The zero-order chi connectivity index (χ0) is 15.0. The van der Waals surface area contributed by atoms with Gasteiger partial charge in [0.1, 0.15) is 12.0 Å². The number of carbonyl (C=O) groups is 1. The molecule has 21 heavy (non-hydrogen) atoms. The van der Waals surface area contributed by atoms with Crippen molar-refractivity contribution in [2.24, 2.45) is 0 Å². The Morgan fingerprint density at radius 1 is 1.33 bits per heavy atom. The molecule has 1 N–H and O–H groups in total. The molecule has 0 spiro atoms. The van der Waals surface area contributed by atoms with Crippen LogP contribution in [0.25, 0.3) is 0 Å². The lowest BCUT2D eigenvalue weighted by molar-refractivity contribution is -0.128. The molecule has 1 aromatic rings. The molecule has 2 saturated heterocycles. The minimum atomic E-state index is -3.13. The second-order valence-corrected chi connectivity index (χ2v) is 7.88. The van der Waals surface area contributed by atoms with Crippen LogP contribution in [0.3, 0.4) is 0 Å². The van der Waals surface area contributed by atoms with Crippen molar-refractivity contribution in [3.05, 3.63) is 35.6 Å². The maximum Gasteiger partial charge on any atom is 0.238 e. The molecule has 2 fully saturated rings. The van der Waals surface area contributed by atoms with Crippen molar-refractivity contribution < 1.29 is 17.6 Å². The molecule has 2 unspecified atom stereocenters. The summed E-state index contributed by atoms with van der Waals surface area (Å²) in [6.45, 7) is 0.235. The highest BCUT2D eigenvalue weighted by molar-refractivity contribution is 7.92. The first-order valence-corrected chi connectivity index (χ1v) is 8.69. The van der Waals surface area contributed by atoms with Crippen molar-refractivity contribution in [1.82, 2.24) is 10.2 Å². The summed E-state index contributed by atoms with van der Waals surface area (Å²) >= 11 is 0. The molecule has 0 saturated carbocycles. The van der Waals surface area contributed by atoms with Crippen LogP contribution in [-0.2, 0) is 14.6 Å². The Morgan fingerprint density at radius 2 is 2.10 bits per heavy atom. The lowest BCUT2D eigenvalue weighted by Crippen LogP contribution is -2.38. The second-order valence-electron chi connectivity index (χ2n) is 5.48. The lowest BCUT2D eigenvalue weighted by atomic mass is 10.1. The van der Waals surface area contributed by atoms with Gasteiger partial charge < -0.3 is 4.90 Å². The SMILES string of the molecule is O=C1CNC(c2ccccc2F)N1CC1CCCS1(=O)=O. The fourth-order valence-electron chi connectivity index (χ4n) is 3.00. The van der Waals surface area contributed by atoms with Crippen molar-refractivity contribution in [1.29, 1.82) is 0 Å². The molecule has 1 aromatic carbocycles. The normalized spacial score (nSPS) is 28.2. The average molecular weight is 312 g/mol. The highest BCUT2D eigenvalue weighted by atomic mass is 32.2. The van der Waals surface area contributed by atoms with Gasteiger partial charge in [-0.15, -0.1) is 0 Å². The van der Waals surface area contributed by atoms with E-state index in [1.54, 1.807) is 18.2 Å². The molecular formula is C14H17FN2O3S. The van der Waals surface area contributed by atoms with E-state index in [1.165, 1.54) is 11.0 Å². The van der Waals surface area contributed by atoms with Crippen molar-refractivity contribution in [2.45, 2.75) is 24.3 Å². The standard InChI is InChI=1S/C14H17FN2O3S/c15-12-6-2-1-5-11(12)14-16-8-13(18)17(14)9-10-4-3-7-21(10,19)20/h1-2,5-6,10,14,16H,3-4,7-9H2. The van der Waals surface area contributed by atoms with Crippen molar-refractivity contribution >= 4 is 15.7 Å². The van der Waals surface area contributed by atoms with E-state index in [1.807, 2.05) is 0 Å². The van der Waals surface area contributed by atoms with Gasteiger partial charge in [-0.2, -0.15) is 0 Å². The summed E-state index contributed by atoms with van der Waals surface area (Å²) in [6, 6.07) is 6.24. The topological polar surface area (TPSA) is 66.5 Å². The Morgan fingerprint density at radius 3 is 2.76 bits per heavy atom. The average Bonchev–Trinajstić information content (AvgIpc) is 2.95. The van der Waals surface area contributed by atoms with Crippen LogP contribution >= 0.6 is 0 Å². The zero-order valence-corrected chi connectivity index (χ0v) is 12.3. The number of benzene rings is 1. The molecule has 2 atom stereocenters. The molecule has 0 aliphatic carbocycles. The van der Waals surface area contributed by atoms with E-state index in [9.17, 15) is 17.6 Å². The summed E-state index contributed by atoms with van der Waals surface area (Å²) < 4.78 is 37.8. The zero-order valence-electron chi connectivity index (χ0n) is 11.5. The fraction of sp³-hybridized carbons (Fsp3) is 0.500. The van der Waals surface area contributed by atoms with Crippen molar-refractivity contribution in [2.75, 3.05) is 18.8 Å². The number of nitrogens with zero attached hydrogens (tertiary/aromatic N) is 1. The minimum absolute atomic E-state index is 0.103. The molecule has 0 aromatic heterocycles. The number of rotatable bonds is 3. The lowest BCUT2D eigenvalue weighted by Gasteiger charge is -2.27. The van der Waals surface area contributed by atoms with Crippen LogP contribution in [0.2, 0.25) is 0 Å². The van der Waals surface area contributed by atoms with Gasteiger partial charge in [-0.1, -0.05) is 18.2 Å². The van der Waals surface area contributed by atoms with Crippen LogP contribution in [0.4, 0.5) is 4.39 Å². The van der Waals surface area contributed by atoms with Gasteiger partial charge in [0.05, 0.1) is 17.5 Å². The van der Waals surface area contributed by atoms with E-state index in [0.29, 0.717) is 18.4 Å². The Bertz CT molecular complexity index is 662.